The van der Waals surface area contributed by atoms with Gasteiger partial charge in [-0.05, 0) is 30.9 Å². The van der Waals surface area contributed by atoms with Gasteiger partial charge in [-0.25, -0.2) is 4.39 Å². The van der Waals surface area contributed by atoms with Gasteiger partial charge < -0.3 is 4.74 Å². The Kier molecular flexibility index (Phi) is 4.28. The molecular weight excluding hydrogens is 239 g/mol. The molecule has 0 aliphatic heterocycles. The third-order valence-electron chi connectivity index (χ3n) is 2.51. The summed E-state index contributed by atoms with van der Waals surface area (Å²) in [4.78, 5) is 0. The number of benzene rings is 1. The summed E-state index contributed by atoms with van der Waals surface area (Å²) in [6.07, 6.45) is 3.05. The Labute approximate surface area is 106 Å². The lowest BCUT2D eigenvalue weighted by Crippen LogP contribution is -1.99. The summed E-state index contributed by atoms with van der Waals surface area (Å²) in [5.74, 6) is 7.15. The molecule has 1 nitrogen and oxygen atoms in total. The van der Waals surface area contributed by atoms with Crippen LogP contribution in [0.5, 0.6) is 5.75 Å². The van der Waals surface area contributed by atoms with Crippen LogP contribution >= 0.6 is 11.6 Å². The second kappa shape index (κ2) is 5.93. The zero-order valence-corrected chi connectivity index (χ0v) is 10.3. The highest BCUT2D eigenvalue weighted by Crippen LogP contribution is 2.29. The molecule has 0 heterocycles. The normalized spacial score (nSPS) is 14.0. The Morgan fingerprint density at radius 2 is 2.18 bits per heavy atom. The van der Waals surface area contributed by atoms with Gasteiger partial charge in [-0.3, -0.25) is 0 Å². The topological polar surface area (TPSA) is 9.23 Å². The quantitative estimate of drug-likeness (QED) is 0.588. The van der Waals surface area contributed by atoms with Crippen LogP contribution in [0.25, 0.3) is 0 Å². The van der Waals surface area contributed by atoms with Crippen molar-refractivity contribution in [2.75, 3.05) is 12.5 Å². The molecule has 1 saturated carbocycles. The first-order valence-electron chi connectivity index (χ1n) is 5.76. The van der Waals surface area contributed by atoms with Crippen molar-refractivity contribution in [3.05, 3.63) is 29.6 Å². The highest BCUT2D eigenvalue weighted by atomic mass is 35.5. The number of halogens is 2. The molecule has 0 unspecified atom stereocenters. The highest BCUT2D eigenvalue weighted by molar-refractivity contribution is 6.18. The first kappa shape index (κ1) is 12.3. The second-order valence-corrected chi connectivity index (χ2v) is 4.55. The summed E-state index contributed by atoms with van der Waals surface area (Å²) in [6, 6.07) is 4.58. The molecule has 0 N–H and O–H groups in total. The summed E-state index contributed by atoms with van der Waals surface area (Å²) in [5.41, 5.74) is 0.640. The molecule has 1 aromatic carbocycles. The third kappa shape index (κ3) is 4.28. The SMILES string of the molecule is Fc1cc(C#CCCCl)cc(OCC2CC2)c1. The minimum absolute atomic E-state index is 0.312. The summed E-state index contributed by atoms with van der Waals surface area (Å²) in [7, 11) is 0. The van der Waals surface area contributed by atoms with Crippen molar-refractivity contribution in [1.29, 1.82) is 0 Å². The fourth-order valence-corrected chi connectivity index (χ4v) is 1.52. The Hall–Kier alpha value is -1.20. The van der Waals surface area contributed by atoms with Crippen molar-refractivity contribution in [1.82, 2.24) is 0 Å². The molecule has 3 heteroatoms. The lowest BCUT2D eigenvalue weighted by Gasteiger charge is -2.05. The van der Waals surface area contributed by atoms with Crippen molar-refractivity contribution < 1.29 is 9.13 Å². The van der Waals surface area contributed by atoms with Crippen molar-refractivity contribution in [3.8, 4) is 17.6 Å². The first-order chi connectivity index (χ1) is 8.28. The standard InChI is InChI=1S/C14H14ClFO/c15-6-2-1-3-12-7-13(16)9-14(8-12)17-10-11-4-5-11/h7-9,11H,2,4-6,10H2. The van der Waals surface area contributed by atoms with Crippen LogP contribution in [0, 0.1) is 23.6 Å². The van der Waals surface area contributed by atoms with Crippen molar-refractivity contribution in [2.45, 2.75) is 19.3 Å². The van der Waals surface area contributed by atoms with E-state index in [9.17, 15) is 4.39 Å². The second-order valence-electron chi connectivity index (χ2n) is 4.17. The summed E-state index contributed by atoms with van der Waals surface area (Å²) in [6.45, 7) is 0.679. The Morgan fingerprint density at radius 1 is 1.35 bits per heavy atom. The number of rotatable bonds is 4. The van der Waals surface area contributed by atoms with Gasteiger partial charge in [0, 0.05) is 23.9 Å². The maximum Gasteiger partial charge on any atom is 0.128 e. The van der Waals surface area contributed by atoms with E-state index in [1.807, 2.05) is 0 Å². The molecule has 1 aromatic rings. The van der Waals surface area contributed by atoms with Crippen LogP contribution in [-0.4, -0.2) is 12.5 Å². The van der Waals surface area contributed by atoms with Crippen LogP contribution in [0.3, 0.4) is 0 Å². The van der Waals surface area contributed by atoms with E-state index in [0.29, 0.717) is 36.1 Å². The molecular formula is C14H14ClFO. The Balaban J connectivity index is 2.02. The van der Waals surface area contributed by atoms with Crippen molar-refractivity contribution in [3.63, 3.8) is 0 Å². The van der Waals surface area contributed by atoms with E-state index >= 15 is 0 Å². The molecule has 2 rings (SSSR count). The summed E-state index contributed by atoms with van der Waals surface area (Å²) < 4.78 is 18.8. The van der Waals surface area contributed by atoms with Crippen LogP contribution in [0.15, 0.2) is 18.2 Å². The van der Waals surface area contributed by atoms with Crippen LogP contribution in [0.4, 0.5) is 4.39 Å². The first-order valence-corrected chi connectivity index (χ1v) is 6.29. The van der Waals surface area contributed by atoms with E-state index in [0.717, 1.165) is 0 Å². The lowest BCUT2D eigenvalue weighted by atomic mass is 10.2. The van der Waals surface area contributed by atoms with Gasteiger partial charge in [0.05, 0.1) is 6.61 Å². The molecule has 0 atom stereocenters. The number of alkyl halides is 1. The van der Waals surface area contributed by atoms with E-state index in [4.69, 9.17) is 16.3 Å². The largest absolute Gasteiger partial charge is 0.493 e. The Morgan fingerprint density at radius 3 is 2.88 bits per heavy atom. The maximum atomic E-state index is 13.3. The molecule has 0 saturated heterocycles. The van der Waals surface area contributed by atoms with Gasteiger partial charge in [0.1, 0.15) is 11.6 Å². The van der Waals surface area contributed by atoms with E-state index in [1.165, 1.54) is 25.0 Å². The maximum absolute atomic E-state index is 13.3. The van der Waals surface area contributed by atoms with Gasteiger partial charge in [-0.15, -0.1) is 11.6 Å². The molecule has 17 heavy (non-hydrogen) atoms. The summed E-state index contributed by atoms with van der Waals surface area (Å²) in [5, 5.41) is 0. The van der Waals surface area contributed by atoms with Crippen LogP contribution < -0.4 is 4.74 Å². The molecule has 90 valence electrons. The molecule has 0 radical (unpaired) electrons. The Bertz CT molecular complexity index is 443. The average molecular weight is 253 g/mol. The lowest BCUT2D eigenvalue weighted by molar-refractivity contribution is 0.298. The fourth-order valence-electron chi connectivity index (χ4n) is 1.43. The van der Waals surface area contributed by atoms with E-state index in [1.54, 1.807) is 6.07 Å². The predicted molar refractivity (Wildman–Crippen MR) is 66.8 cm³/mol. The molecule has 0 bridgehead atoms. The van der Waals surface area contributed by atoms with Crippen molar-refractivity contribution >= 4 is 11.6 Å². The molecule has 1 fully saturated rings. The number of hydrogen-bond donors (Lipinski definition) is 0. The minimum Gasteiger partial charge on any atom is -0.493 e. The zero-order chi connectivity index (χ0) is 12.1. The minimum atomic E-state index is -0.312. The van der Waals surface area contributed by atoms with Gasteiger partial charge >= 0.3 is 0 Å². The van der Waals surface area contributed by atoms with E-state index < -0.39 is 0 Å². The third-order valence-corrected chi connectivity index (χ3v) is 2.70. The molecule has 1 aliphatic rings. The molecule has 0 amide bonds. The van der Waals surface area contributed by atoms with Gasteiger partial charge in [0.25, 0.3) is 0 Å². The van der Waals surface area contributed by atoms with Crippen molar-refractivity contribution in [2.24, 2.45) is 5.92 Å². The fraction of sp³-hybridized carbons (Fsp3) is 0.429. The highest BCUT2D eigenvalue weighted by Gasteiger charge is 2.21. The van der Waals surface area contributed by atoms with Crippen LogP contribution in [0.1, 0.15) is 24.8 Å². The predicted octanol–water partition coefficient (Wildman–Crippen LogP) is 3.59. The van der Waals surface area contributed by atoms with Gasteiger partial charge in [0.15, 0.2) is 0 Å². The van der Waals surface area contributed by atoms with Gasteiger partial charge in [-0.2, -0.15) is 0 Å². The number of hydrogen-bond acceptors (Lipinski definition) is 1. The summed E-state index contributed by atoms with van der Waals surface area (Å²) >= 11 is 5.52. The van der Waals surface area contributed by atoms with Gasteiger partial charge in [0.2, 0.25) is 0 Å². The molecule has 1 aliphatic carbocycles. The smallest absolute Gasteiger partial charge is 0.128 e. The number of ether oxygens (including phenoxy) is 1. The molecule has 0 spiro atoms. The van der Waals surface area contributed by atoms with Crippen LogP contribution in [0.2, 0.25) is 0 Å². The van der Waals surface area contributed by atoms with E-state index in [-0.39, 0.29) is 5.82 Å². The van der Waals surface area contributed by atoms with Gasteiger partial charge in [-0.1, -0.05) is 11.8 Å². The monoisotopic (exact) mass is 252 g/mol. The van der Waals surface area contributed by atoms with E-state index in [2.05, 4.69) is 11.8 Å². The zero-order valence-electron chi connectivity index (χ0n) is 9.51. The van der Waals surface area contributed by atoms with Crippen LogP contribution in [-0.2, 0) is 0 Å². The average Bonchev–Trinajstić information content (AvgIpc) is 3.10. The molecule has 0 aromatic heterocycles.